The van der Waals surface area contributed by atoms with E-state index in [9.17, 15) is 8.42 Å². The quantitative estimate of drug-likeness (QED) is 0.796. The summed E-state index contributed by atoms with van der Waals surface area (Å²) in [5, 5.41) is 0. The van der Waals surface area contributed by atoms with Crippen molar-refractivity contribution in [2.24, 2.45) is 0 Å². The SMILES string of the molecule is Cc1ccnc2c1nc(CCl)n2C1(C)CCS(=O)(=O)C1. The summed E-state index contributed by atoms with van der Waals surface area (Å²) in [5.41, 5.74) is 2.02. The van der Waals surface area contributed by atoms with Gasteiger partial charge in [0, 0.05) is 6.20 Å². The Morgan fingerprint density at radius 3 is 2.85 bits per heavy atom. The zero-order valence-corrected chi connectivity index (χ0v) is 13.0. The van der Waals surface area contributed by atoms with Crippen LogP contribution in [0.4, 0.5) is 0 Å². The number of aryl methyl sites for hydroxylation is 1. The first kappa shape index (κ1) is 13.8. The molecule has 1 unspecified atom stereocenters. The molecule has 0 radical (unpaired) electrons. The van der Waals surface area contributed by atoms with Crippen LogP contribution in [0.15, 0.2) is 12.3 Å². The molecular formula is C13H16ClN3O2S. The molecule has 1 aliphatic heterocycles. The second kappa shape index (κ2) is 4.43. The Balaban J connectivity index is 2.28. The van der Waals surface area contributed by atoms with E-state index in [1.807, 2.05) is 24.5 Å². The number of nitrogens with zero attached hydrogens (tertiary/aromatic N) is 3. The minimum atomic E-state index is -3.00. The number of rotatable bonds is 2. The number of alkyl halides is 1. The molecule has 0 aromatic carbocycles. The molecule has 0 saturated carbocycles. The van der Waals surface area contributed by atoms with Crippen molar-refractivity contribution in [1.82, 2.24) is 14.5 Å². The van der Waals surface area contributed by atoms with Gasteiger partial charge in [0.25, 0.3) is 0 Å². The minimum Gasteiger partial charge on any atom is -0.305 e. The van der Waals surface area contributed by atoms with Gasteiger partial charge >= 0.3 is 0 Å². The molecule has 3 heterocycles. The van der Waals surface area contributed by atoms with Crippen LogP contribution >= 0.6 is 11.6 Å². The Bertz CT molecular complexity index is 784. The van der Waals surface area contributed by atoms with E-state index in [1.54, 1.807) is 6.20 Å². The van der Waals surface area contributed by atoms with Crippen LogP contribution in [-0.4, -0.2) is 34.5 Å². The summed E-state index contributed by atoms with van der Waals surface area (Å²) in [5.74, 6) is 1.25. The Hall–Kier alpha value is -1.14. The standard InChI is InChI=1S/C13H16ClN3O2S/c1-9-3-5-15-12-11(9)16-10(7-14)17(12)13(2)4-6-20(18,19)8-13/h3,5H,4,6-8H2,1-2H3. The Morgan fingerprint density at radius 2 is 2.25 bits per heavy atom. The highest BCUT2D eigenvalue weighted by Gasteiger charge is 2.42. The summed E-state index contributed by atoms with van der Waals surface area (Å²) in [4.78, 5) is 8.94. The van der Waals surface area contributed by atoms with Crippen molar-refractivity contribution >= 4 is 32.6 Å². The molecule has 20 heavy (non-hydrogen) atoms. The van der Waals surface area contributed by atoms with Crippen LogP contribution in [0.5, 0.6) is 0 Å². The number of halogens is 1. The van der Waals surface area contributed by atoms with Crippen molar-refractivity contribution in [1.29, 1.82) is 0 Å². The molecule has 5 nitrogen and oxygen atoms in total. The lowest BCUT2D eigenvalue weighted by Crippen LogP contribution is -2.33. The van der Waals surface area contributed by atoms with Crippen LogP contribution in [-0.2, 0) is 21.3 Å². The van der Waals surface area contributed by atoms with E-state index >= 15 is 0 Å². The number of fused-ring (bicyclic) bond motifs is 1. The zero-order chi connectivity index (χ0) is 14.5. The van der Waals surface area contributed by atoms with Gasteiger partial charge in [-0.2, -0.15) is 0 Å². The van der Waals surface area contributed by atoms with E-state index in [2.05, 4.69) is 9.97 Å². The van der Waals surface area contributed by atoms with Crippen molar-refractivity contribution in [2.45, 2.75) is 31.7 Å². The average molecular weight is 314 g/mol. The van der Waals surface area contributed by atoms with Crippen LogP contribution in [0.2, 0.25) is 0 Å². The van der Waals surface area contributed by atoms with Gasteiger partial charge in [0.1, 0.15) is 11.3 Å². The van der Waals surface area contributed by atoms with E-state index in [1.165, 1.54) is 0 Å². The summed E-state index contributed by atoms with van der Waals surface area (Å²) < 4.78 is 25.6. The van der Waals surface area contributed by atoms with Crippen LogP contribution in [0.25, 0.3) is 11.2 Å². The van der Waals surface area contributed by atoms with E-state index in [0.717, 1.165) is 16.7 Å². The number of pyridine rings is 1. The number of sulfone groups is 1. The summed E-state index contributed by atoms with van der Waals surface area (Å²) in [6.45, 7) is 3.91. The second-order valence-electron chi connectivity index (χ2n) is 5.64. The van der Waals surface area contributed by atoms with Gasteiger partial charge in [-0.15, -0.1) is 11.6 Å². The Morgan fingerprint density at radius 1 is 1.50 bits per heavy atom. The van der Waals surface area contributed by atoms with Gasteiger partial charge in [0.15, 0.2) is 15.5 Å². The van der Waals surface area contributed by atoms with E-state index in [0.29, 0.717) is 12.2 Å². The molecule has 2 aromatic rings. The number of hydrogen-bond donors (Lipinski definition) is 0. The van der Waals surface area contributed by atoms with Crippen molar-refractivity contribution in [3.05, 3.63) is 23.7 Å². The fourth-order valence-corrected chi connectivity index (χ4v) is 5.26. The van der Waals surface area contributed by atoms with Crippen molar-refractivity contribution in [3.8, 4) is 0 Å². The zero-order valence-electron chi connectivity index (χ0n) is 11.4. The van der Waals surface area contributed by atoms with Crippen LogP contribution in [0.1, 0.15) is 24.7 Å². The Labute approximate surface area is 122 Å². The lowest BCUT2D eigenvalue weighted by Gasteiger charge is -2.26. The molecule has 1 aliphatic rings. The molecular weight excluding hydrogens is 298 g/mol. The molecule has 0 bridgehead atoms. The van der Waals surface area contributed by atoms with Crippen LogP contribution in [0.3, 0.4) is 0 Å². The molecule has 108 valence electrons. The van der Waals surface area contributed by atoms with Crippen molar-refractivity contribution < 1.29 is 8.42 Å². The average Bonchev–Trinajstić information content (AvgIpc) is 2.89. The first-order valence-electron chi connectivity index (χ1n) is 6.46. The van der Waals surface area contributed by atoms with Gasteiger partial charge in [-0.05, 0) is 31.9 Å². The number of hydrogen-bond acceptors (Lipinski definition) is 4. The highest BCUT2D eigenvalue weighted by Crippen LogP contribution is 2.35. The van der Waals surface area contributed by atoms with Gasteiger partial charge in [0.05, 0.1) is 22.9 Å². The summed E-state index contributed by atoms with van der Waals surface area (Å²) in [7, 11) is -3.00. The van der Waals surface area contributed by atoms with E-state index in [4.69, 9.17) is 11.6 Å². The maximum atomic E-state index is 11.9. The maximum absolute atomic E-state index is 11.9. The van der Waals surface area contributed by atoms with E-state index < -0.39 is 15.4 Å². The smallest absolute Gasteiger partial charge is 0.160 e. The third-order valence-corrected chi connectivity index (χ3v) is 6.09. The third-order valence-electron chi connectivity index (χ3n) is 3.96. The molecule has 3 rings (SSSR count). The second-order valence-corrected chi connectivity index (χ2v) is 8.09. The van der Waals surface area contributed by atoms with Gasteiger partial charge in [0.2, 0.25) is 0 Å². The Kier molecular flexibility index (Phi) is 3.06. The molecule has 1 fully saturated rings. The predicted molar refractivity (Wildman–Crippen MR) is 78.7 cm³/mol. The molecule has 7 heteroatoms. The highest BCUT2D eigenvalue weighted by atomic mass is 35.5. The number of imidazole rings is 1. The minimum absolute atomic E-state index is 0.116. The van der Waals surface area contributed by atoms with Gasteiger partial charge in [-0.3, -0.25) is 0 Å². The van der Waals surface area contributed by atoms with Crippen molar-refractivity contribution in [3.63, 3.8) is 0 Å². The van der Waals surface area contributed by atoms with E-state index in [-0.39, 0.29) is 17.4 Å². The normalized spacial score (nSPS) is 25.4. The molecule has 1 saturated heterocycles. The third kappa shape index (κ3) is 2.02. The van der Waals surface area contributed by atoms with Gasteiger partial charge < -0.3 is 4.57 Å². The van der Waals surface area contributed by atoms with Crippen molar-refractivity contribution in [2.75, 3.05) is 11.5 Å². The predicted octanol–water partition coefficient (Wildman–Crippen LogP) is 2.01. The molecule has 0 N–H and O–H groups in total. The molecule has 0 aliphatic carbocycles. The largest absolute Gasteiger partial charge is 0.305 e. The lowest BCUT2D eigenvalue weighted by molar-refractivity contribution is 0.365. The summed E-state index contributed by atoms with van der Waals surface area (Å²) >= 11 is 6.01. The molecule has 2 aromatic heterocycles. The molecule has 1 atom stereocenters. The first-order valence-corrected chi connectivity index (χ1v) is 8.82. The monoisotopic (exact) mass is 313 g/mol. The van der Waals surface area contributed by atoms with Gasteiger partial charge in [-0.25, -0.2) is 18.4 Å². The topological polar surface area (TPSA) is 64.8 Å². The number of aromatic nitrogens is 3. The fourth-order valence-electron chi connectivity index (χ4n) is 2.97. The van der Waals surface area contributed by atoms with Crippen LogP contribution < -0.4 is 0 Å². The lowest BCUT2D eigenvalue weighted by atomic mass is 10.0. The molecule has 0 spiro atoms. The van der Waals surface area contributed by atoms with Crippen LogP contribution in [0, 0.1) is 6.92 Å². The summed E-state index contributed by atoms with van der Waals surface area (Å²) in [6, 6.07) is 1.89. The van der Waals surface area contributed by atoms with Gasteiger partial charge in [-0.1, -0.05) is 0 Å². The summed E-state index contributed by atoms with van der Waals surface area (Å²) in [6.07, 6.45) is 2.29. The fraction of sp³-hybridized carbons (Fsp3) is 0.538. The highest BCUT2D eigenvalue weighted by molar-refractivity contribution is 7.91. The maximum Gasteiger partial charge on any atom is 0.160 e. The first-order chi connectivity index (χ1) is 9.36. The molecule has 0 amide bonds.